The topological polar surface area (TPSA) is 60.2 Å². The highest BCUT2D eigenvalue weighted by atomic mass is 32.2. The highest BCUT2D eigenvalue weighted by molar-refractivity contribution is 7.99. The number of amides is 1. The first kappa shape index (κ1) is 19.0. The van der Waals surface area contributed by atoms with E-state index in [0.29, 0.717) is 5.16 Å². The van der Waals surface area contributed by atoms with Gasteiger partial charge in [0.05, 0.1) is 24.6 Å². The Kier molecular flexibility index (Phi) is 6.13. The second-order valence-electron chi connectivity index (χ2n) is 6.04. The lowest BCUT2D eigenvalue weighted by Gasteiger charge is -2.25. The van der Waals surface area contributed by atoms with Crippen LogP contribution in [0.25, 0.3) is 5.69 Å². The van der Waals surface area contributed by atoms with Crippen molar-refractivity contribution in [2.75, 3.05) is 19.9 Å². The third-order valence-electron chi connectivity index (χ3n) is 4.44. The van der Waals surface area contributed by atoms with Gasteiger partial charge >= 0.3 is 0 Å². The Balaban J connectivity index is 1.69. The normalized spacial score (nSPS) is 11.8. The van der Waals surface area contributed by atoms with E-state index in [1.807, 2.05) is 73.1 Å². The highest BCUT2D eigenvalue weighted by Crippen LogP contribution is 2.27. The summed E-state index contributed by atoms with van der Waals surface area (Å²) < 4.78 is 7.24. The molecule has 1 aromatic heterocycles. The molecule has 0 bridgehead atoms. The molecule has 0 saturated carbocycles. The second kappa shape index (κ2) is 8.73. The minimum atomic E-state index is 0.00591. The van der Waals surface area contributed by atoms with E-state index in [4.69, 9.17) is 4.74 Å². The minimum absolute atomic E-state index is 0.00591. The van der Waals surface area contributed by atoms with E-state index in [0.717, 1.165) is 17.0 Å². The van der Waals surface area contributed by atoms with Crippen molar-refractivity contribution in [3.05, 3.63) is 66.5 Å². The number of nitrogens with zero attached hydrogens (tertiary/aromatic N) is 4. The first-order valence-corrected chi connectivity index (χ1v) is 9.57. The van der Waals surface area contributed by atoms with Crippen molar-refractivity contribution in [2.45, 2.75) is 18.1 Å². The maximum Gasteiger partial charge on any atom is 0.233 e. The number of carbonyl (C=O) groups excluding carboxylic acids is 1. The number of benzene rings is 2. The molecule has 2 aromatic carbocycles. The lowest BCUT2D eigenvalue weighted by atomic mass is 10.1. The van der Waals surface area contributed by atoms with E-state index >= 15 is 0 Å². The van der Waals surface area contributed by atoms with Crippen molar-refractivity contribution in [3.8, 4) is 11.4 Å². The van der Waals surface area contributed by atoms with E-state index in [2.05, 4.69) is 10.2 Å². The third-order valence-corrected chi connectivity index (χ3v) is 5.37. The molecule has 1 atom stereocenters. The fraction of sp³-hybridized carbons (Fsp3) is 0.250. The maximum atomic E-state index is 12.6. The van der Waals surface area contributed by atoms with Gasteiger partial charge in [0, 0.05) is 7.05 Å². The fourth-order valence-electron chi connectivity index (χ4n) is 2.72. The van der Waals surface area contributed by atoms with Crippen molar-refractivity contribution < 1.29 is 9.53 Å². The van der Waals surface area contributed by atoms with Crippen molar-refractivity contribution >= 4 is 17.7 Å². The first-order valence-electron chi connectivity index (χ1n) is 8.58. The number of methoxy groups -OCH3 is 1. The van der Waals surface area contributed by atoms with Crippen LogP contribution in [-0.4, -0.2) is 45.5 Å². The number of carbonyl (C=O) groups is 1. The summed E-state index contributed by atoms with van der Waals surface area (Å²) in [6.07, 6.45) is 1.63. The summed E-state index contributed by atoms with van der Waals surface area (Å²) >= 11 is 1.36. The number of ether oxygens (including phenoxy) is 1. The summed E-state index contributed by atoms with van der Waals surface area (Å²) in [5.74, 6) is 1.04. The molecule has 0 aliphatic rings. The van der Waals surface area contributed by atoms with Gasteiger partial charge in [0.2, 0.25) is 5.91 Å². The highest BCUT2D eigenvalue weighted by Gasteiger charge is 2.19. The van der Waals surface area contributed by atoms with Gasteiger partial charge in [0.1, 0.15) is 12.1 Å². The van der Waals surface area contributed by atoms with Crippen LogP contribution in [0.3, 0.4) is 0 Å². The average Bonchev–Trinajstić information content (AvgIpc) is 3.19. The van der Waals surface area contributed by atoms with Gasteiger partial charge in [0.25, 0.3) is 0 Å². The Morgan fingerprint density at radius 1 is 1.19 bits per heavy atom. The van der Waals surface area contributed by atoms with Crippen molar-refractivity contribution in [3.63, 3.8) is 0 Å². The van der Waals surface area contributed by atoms with E-state index in [1.165, 1.54) is 11.8 Å². The molecule has 140 valence electrons. The Morgan fingerprint density at radius 2 is 1.89 bits per heavy atom. The molecule has 27 heavy (non-hydrogen) atoms. The molecule has 0 aliphatic heterocycles. The monoisotopic (exact) mass is 382 g/mol. The van der Waals surface area contributed by atoms with Gasteiger partial charge in [-0.2, -0.15) is 0 Å². The van der Waals surface area contributed by atoms with E-state index in [1.54, 1.807) is 18.3 Å². The summed E-state index contributed by atoms with van der Waals surface area (Å²) in [5.41, 5.74) is 1.95. The van der Waals surface area contributed by atoms with Crippen molar-refractivity contribution in [1.29, 1.82) is 0 Å². The lowest BCUT2D eigenvalue weighted by molar-refractivity contribution is -0.128. The molecule has 0 aliphatic carbocycles. The second-order valence-corrected chi connectivity index (χ2v) is 6.98. The van der Waals surface area contributed by atoms with Gasteiger partial charge in [-0.1, -0.05) is 54.2 Å². The Bertz CT molecular complexity index is 898. The molecule has 0 saturated heterocycles. The van der Waals surface area contributed by atoms with Crippen LogP contribution < -0.4 is 4.74 Å². The zero-order chi connectivity index (χ0) is 19.2. The maximum absolute atomic E-state index is 12.6. The van der Waals surface area contributed by atoms with Crippen molar-refractivity contribution in [1.82, 2.24) is 19.7 Å². The van der Waals surface area contributed by atoms with Crippen LogP contribution in [0.5, 0.6) is 5.75 Å². The molecule has 6 nitrogen and oxygen atoms in total. The summed E-state index contributed by atoms with van der Waals surface area (Å²) in [4.78, 5) is 14.4. The van der Waals surface area contributed by atoms with Gasteiger partial charge < -0.3 is 9.64 Å². The molecule has 0 unspecified atom stereocenters. The molecular weight excluding hydrogens is 360 g/mol. The van der Waals surface area contributed by atoms with Crippen LogP contribution in [0.1, 0.15) is 18.5 Å². The molecule has 3 aromatic rings. The van der Waals surface area contributed by atoms with Crippen LogP contribution in [0.4, 0.5) is 0 Å². The van der Waals surface area contributed by atoms with Crippen LogP contribution in [-0.2, 0) is 4.79 Å². The standard InChI is InChI=1S/C20H22N4O2S/c1-15(16-9-5-4-6-10-16)23(2)19(25)13-27-20-22-21-14-24(20)17-11-7-8-12-18(17)26-3/h4-12,14-15H,13H2,1-3H3/t15-/m0/s1. The Labute approximate surface area is 163 Å². The Morgan fingerprint density at radius 3 is 2.63 bits per heavy atom. The quantitative estimate of drug-likeness (QED) is 0.585. The lowest BCUT2D eigenvalue weighted by Crippen LogP contribution is -2.31. The van der Waals surface area contributed by atoms with Crippen LogP contribution >= 0.6 is 11.8 Å². The number of aromatic nitrogens is 3. The summed E-state index contributed by atoms with van der Waals surface area (Å²) in [6, 6.07) is 17.6. The molecule has 1 amide bonds. The van der Waals surface area contributed by atoms with E-state index in [9.17, 15) is 4.79 Å². The van der Waals surface area contributed by atoms with Crippen LogP contribution in [0, 0.1) is 0 Å². The molecule has 0 fully saturated rings. The van der Waals surface area contributed by atoms with Gasteiger partial charge in [-0.3, -0.25) is 9.36 Å². The molecule has 7 heteroatoms. The van der Waals surface area contributed by atoms with Crippen LogP contribution in [0.2, 0.25) is 0 Å². The molecule has 3 rings (SSSR count). The number of thioether (sulfide) groups is 1. The fourth-order valence-corrected chi connectivity index (χ4v) is 3.56. The SMILES string of the molecule is COc1ccccc1-n1cnnc1SCC(=O)N(C)[C@@H](C)c1ccccc1. The summed E-state index contributed by atoms with van der Waals surface area (Å²) in [7, 11) is 3.45. The molecule has 0 radical (unpaired) electrons. The smallest absolute Gasteiger partial charge is 0.233 e. The third kappa shape index (κ3) is 4.31. The molecule has 1 heterocycles. The van der Waals surface area contributed by atoms with Gasteiger partial charge in [-0.25, -0.2) is 0 Å². The van der Waals surface area contributed by atoms with E-state index in [-0.39, 0.29) is 17.7 Å². The zero-order valence-corrected chi connectivity index (χ0v) is 16.4. The predicted octanol–water partition coefficient (Wildman–Crippen LogP) is 3.59. The van der Waals surface area contributed by atoms with Crippen molar-refractivity contribution in [2.24, 2.45) is 0 Å². The predicted molar refractivity (Wildman–Crippen MR) is 106 cm³/mol. The van der Waals surface area contributed by atoms with Gasteiger partial charge in [-0.15, -0.1) is 10.2 Å². The molecular formula is C20H22N4O2S. The number of para-hydroxylation sites is 2. The van der Waals surface area contributed by atoms with Crippen LogP contribution in [0.15, 0.2) is 66.1 Å². The Hall–Kier alpha value is -2.80. The largest absolute Gasteiger partial charge is 0.495 e. The molecule has 0 spiro atoms. The van der Waals surface area contributed by atoms with Gasteiger partial charge in [-0.05, 0) is 24.6 Å². The molecule has 0 N–H and O–H groups in total. The number of hydrogen-bond acceptors (Lipinski definition) is 5. The average molecular weight is 382 g/mol. The van der Waals surface area contributed by atoms with E-state index < -0.39 is 0 Å². The summed E-state index contributed by atoms with van der Waals surface area (Å²) in [6.45, 7) is 2.02. The number of hydrogen-bond donors (Lipinski definition) is 0. The minimum Gasteiger partial charge on any atom is -0.495 e. The number of rotatable bonds is 7. The first-order chi connectivity index (χ1) is 13.1. The van der Waals surface area contributed by atoms with Gasteiger partial charge in [0.15, 0.2) is 5.16 Å². The zero-order valence-electron chi connectivity index (χ0n) is 15.6. The summed E-state index contributed by atoms with van der Waals surface area (Å²) in [5, 5.41) is 8.79.